The molecule has 10 heteroatoms. The number of nitrogens with zero attached hydrogens (tertiary/aromatic N) is 2. The van der Waals surface area contributed by atoms with Crippen LogP contribution >= 0.6 is 0 Å². The van der Waals surface area contributed by atoms with Crippen LogP contribution in [-0.2, 0) is 12.8 Å². The lowest BCUT2D eigenvalue weighted by molar-refractivity contribution is -0.139. The largest absolute Gasteiger partial charge is 0.488 e. The molecule has 146 valence electrons. The van der Waals surface area contributed by atoms with Gasteiger partial charge in [0.15, 0.2) is 0 Å². The average molecular weight is 386 g/mol. The summed E-state index contributed by atoms with van der Waals surface area (Å²) in [6.45, 7) is 0.929. The zero-order valence-corrected chi connectivity index (χ0v) is 14.5. The number of aryl methyl sites for hydroxylation is 1. The van der Waals surface area contributed by atoms with Crippen LogP contribution in [0, 0.1) is 12.7 Å². The standard InChI is InChI=1S/C17H18F4N4O2/c1-10-6-7-15(12(8-10)17(19,20)21)27-9-11-13(18)4-3-5-14(11)25(23)16(26)24(2)22/h3-8H,9,22-23H2,1-2H3. The van der Waals surface area contributed by atoms with Gasteiger partial charge in [0.2, 0.25) is 0 Å². The molecule has 6 nitrogen and oxygen atoms in total. The number of ether oxygens (including phenoxy) is 1. The van der Waals surface area contributed by atoms with Gasteiger partial charge in [0, 0.05) is 7.05 Å². The van der Waals surface area contributed by atoms with Crippen LogP contribution < -0.4 is 21.4 Å². The van der Waals surface area contributed by atoms with Gasteiger partial charge in [-0.25, -0.2) is 25.9 Å². The number of anilines is 1. The molecule has 0 aliphatic rings. The fraction of sp³-hybridized carbons (Fsp3) is 0.235. The summed E-state index contributed by atoms with van der Waals surface area (Å²) in [6, 6.07) is 6.36. The fourth-order valence-electron chi connectivity index (χ4n) is 2.33. The van der Waals surface area contributed by atoms with Crippen molar-refractivity contribution in [3.05, 3.63) is 58.9 Å². The number of alkyl halides is 3. The number of carbonyl (C=O) groups is 1. The first kappa shape index (κ1) is 20.5. The number of rotatable bonds is 4. The second-order valence-corrected chi connectivity index (χ2v) is 5.79. The quantitative estimate of drug-likeness (QED) is 0.365. The third kappa shape index (κ3) is 4.66. The first-order valence-corrected chi connectivity index (χ1v) is 7.67. The summed E-state index contributed by atoms with van der Waals surface area (Å²) in [5, 5.41) is 1.26. The molecule has 2 rings (SSSR count). The van der Waals surface area contributed by atoms with Crippen LogP contribution in [0.5, 0.6) is 5.75 Å². The van der Waals surface area contributed by atoms with Gasteiger partial charge in [-0.05, 0) is 31.2 Å². The Kier molecular flexibility index (Phi) is 5.91. The molecule has 0 saturated carbocycles. The van der Waals surface area contributed by atoms with Gasteiger partial charge in [-0.1, -0.05) is 17.7 Å². The van der Waals surface area contributed by atoms with Crippen molar-refractivity contribution in [1.29, 1.82) is 0 Å². The Morgan fingerprint density at radius 1 is 1.19 bits per heavy atom. The van der Waals surface area contributed by atoms with Crippen molar-refractivity contribution < 1.29 is 27.1 Å². The molecule has 4 N–H and O–H groups in total. The summed E-state index contributed by atoms with van der Waals surface area (Å²) in [6.07, 6.45) is -4.64. The highest BCUT2D eigenvalue weighted by atomic mass is 19.4. The van der Waals surface area contributed by atoms with Gasteiger partial charge in [0.25, 0.3) is 0 Å². The normalized spacial score (nSPS) is 11.3. The minimum atomic E-state index is -4.64. The van der Waals surface area contributed by atoms with Gasteiger partial charge >= 0.3 is 12.2 Å². The topological polar surface area (TPSA) is 84.8 Å². The Balaban J connectivity index is 2.36. The van der Waals surface area contributed by atoms with Crippen molar-refractivity contribution in [2.75, 3.05) is 12.1 Å². The van der Waals surface area contributed by atoms with Crippen LogP contribution in [0.1, 0.15) is 16.7 Å². The van der Waals surface area contributed by atoms with Crippen molar-refractivity contribution in [2.45, 2.75) is 19.7 Å². The Hall–Kier alpha value is -2.85. The van der Waals surface area contributed by atoms with E-state index in [0.717, 1.165) is 18.2 Å². The van der Waals surface area contributed by atoms with E-state index in [9.17, 15) is 22.4 Å². The molecule has 27 heavy (non-hydrogen) atoms. The predicted molar refractivity (Wildman–Crippen MR) is 90.9 cm³/mol. The van der Waals surface area contributed by atoms with Crippen LogP contribution in [0.4, 0.5) is 28.0 Å². The molecular weight excluding hydrogens is 368 g/mol. The number of carbonyl (C=O) groups excluding carboxylic acids is 1. The number of hydrogen-bond donors (Lipinski definition) is 2. The molecule has 0 radical (unpaired) electrons. The molecule has 0 aromatic heterocycles. The molecule has 0 spiro atoms. The van der Waals surface area contributed by atoms with Gasteiger partial charge in [-0.3, -0.25) is 5.01 Å². The number of halogens is 4. The van der Waals surface area contributed by atoms with Crippen LogP contribution in [0.15, 0.2) is 36.4 Å². The molecule has 0 heterocycles. The number of urea groups is 1. The molecule has 0 saturated heterocycles. The van der Waals surface area contributed by atoms with Crippen molar-refractivity contribution in [2.24, 2.45) is 11.7 Å². The Morgan fingerprint density at radius 2 is 1.85 bits per heavy atom. The first-order valence-electron chi connectivity index (χ1n) is 7.67. The Morgan fingerprint density at radius 3 is 2.44 bits per heavy atom. The minimum absolute atomic E-state index is 0.0852. The smallest absolute Gasteiger partial charge is 0.419 e. The van der Waals surface area contributed by atoms with E-state index in [-0.39, 0.29) is 11.3 Å². The van der Waals surface area contributed by atoms with Crippen LogP contribution in [0.2, 0.25) is 0 Å². The van der Waals surface area contributed by atoms with Crippen molar-refractivity contribution in [3.8, 4) is 5.75 Å². The minimum Gasteiger partial charge on any atom is -0.488 e. The van der Waals surface area contributed by atoms with Crippen molar-refractivity contribution in [3.63, 3.8) is 0 Å². The first-order chi connectivity index (χ1) is 12.5. The highest BCUT2D eigenvalue weighted by Gasteiger charge is 2.34. The summed E-state index contributed by atoms with van der Waals surface area (Å²) in [5.41, 5.74) is -0.865. The molecule has 2 amide bonds. The van der Waals surface area contributed by atoms with Crippen molar-refractivity contribution in [1.82, 2.24) is 5.01 Å². The Labute approximate surface area is 152 Å². The fourth-order valence-corrected chi connectivity index (χ4v) is 2.33. The van der Waals surface area contributed by atoms with E-state index >= 15 is 0 Å². The summed E-state index contributed by atoms with van der Waals surface area (Å²) in [5.74, 6) is 9.72. The summed E-state index contributed by atoms with van der Waals surface area (Å²) >= 11 is 0. The SMILES string of the molecule is Cc1ccc(OCc2c(F)cccc2N(N)C(=O)N(C)N)c(C(F)(F)F)c1. The molecular formula is C17H18F4N4O2. The van der Waals surface area contributed by atoms with E-state index in [2.05, 4.69) is 0 Å². The number of benzene rings is 2. The van der Waals surface area contributed by atoms with Gasteiger partial charge < -0.3 is 4.74 Å². The number of nitrogens with two attached hydrogens (primary N) is 2. The zero-order valence-electron chi connectivity index (χ0n) is 14.5. The van der Waals surface area contributed by atoms with Crippen LogP contribution in [0.3, 0.4) is 0 Å². The van der Waals surface area contributed by atoms with Crippen LogP contribution in [-0.4, -0.2) is 18.1 Å². The van der Waals surface area contributed by atoms with Gasteiger partial charge in [-0.15, -0.1) is 0 Å². The van der Waals surface area contributed by atoms with E-state index in [4.69, 9.17) is 16.4 Å². The number of hydrogen-bond acceptors (Lipinski definition) is 4. The van der Waals surface area contributed by atoms with E-state index in [1.165, 1.54) is 32.2 Å². The Bertz CT molecular complexity index is 840. The third-order valence-electron chi connectivity index (χ3n) is 3.67. The van der Waals surface area contributed by atoms with Gasteiger partial charge in [-0.2, -0.15) is 13.2 Å². The lowest BCUT2D eigenvalue weighted by Crippen LogP contribution is -2.49. The molecule has 0 bridgehead atoms. The maximum Gasteiger partial charge on any atom is 0.419 e. The van der Waals surface area contributed by atoms with Crippen molar-refractivity contribution >= 4 is 11.7 Å². The molecule has 2 aromatic rings. The number of hydrazine groups is 2. The molecule has 0 aliphatic carbocycles. The summed E-state index contributed by atoms with van der Waals surface area (Å²) in [4.78, 5) is 11.9. The predicted octanol–water partition coefficient (Wildman–Crippen LogP) is 3.34. The summed E-state index contributed by atoms with van der Waals surface area (Å²) in [7, 11) is 1.24. The third-order valence-corrected chi connectivity index (χ3v) is 3.67. The molecule has 0 fully saturated rings. The lowest BCUT2D eigenvalue weighted by atomic mass is 10.1. The highest BCUT2D eigenvalue weighted by Crippen LogP contribution is 2.37. The van der Waals surface area contributed by atoms with Gasteiger partial charge in [0.1, 0.15) is 18.2 Å². The maximum atomic E-state index is 14.2. The molecule has 0 unspecified atom stereocenters. The molecule has 0 aliphatic heterocycles. The average Bonchev–Trinajstić information content (AvgIpc) is 2.59. The van der Waals surface area contributed by atoms with Gasteiger partial charge in [0.05, 0.1) is 16.8 Å². The van der Waals surface area contributed by atoms with E-state index in [1.807, 2.05) is 0 Å². The monoisotopic (exact) mass is 386 g/mol. The highest BCUT2D eigenvalue weighted by molar-refractivity contribution is 5.91. The lowest BCUT2D eigenvalue weighted by Gasteiger charge is -2.23. The van der Waals surface area contributed by atoms with E-state index < -0.39 is 35.9 Å². The zero-order chi connectivity index (χ0) is 20.4. The maximum absolute atomic E-state index is 14.2. The second kappa shape index (κ2) is 7.80. The van der Waals surface area contributed by atoms with E-state index in [1.54, 1.807) is 0 Å². The van der Waals surface area contributed by atoms with E-state index in [0.29, 0.717) is 15.6 Å². The van der Waals surface area contributed by atoms with Crippen LogP contribution in [0.25, 0.3) is 0 Å². The number of amides is 2. The second-order valence-electron chi connectivity index (χ2n) is 5.79. The molecule has 0 atom stereocenters. The summed E-state index contributed by atoms with van der Waals surface area (Å²) < 4.78 is 59.0. The molecule has 2 aromatic carbocycles.